The summed E-state index contributed by atoms with van der Waals surface area (Å²) in [6.07, 6.45) is 0.120. The lowest BCUT2D eigenvalue weighted by molar-refractivity contribution is -0.137. The van der Waals surface area contributed by atoms with Crippen LogP contribution in [0.4, 0.5) is 11.7 Å². The first kappa shape index (κ1) is 23.0. The maximum Gasteiger partial charge on any atom is 0.348 e. The van der Waals surface area contributed by atoms with Crippen LogP contribution in [0.2, 0.25) is 0 Å². The second-order valence-electron chi connectivity index (χ2n) is 7.66. The van der Waals surface area contributed by atoms with Gasteiger partial charge in [0, 0.05) is 6.42 Å². The Hall–Kier alpha value is -4.18. The predicted molar refractivity (Wildman–Crippen MR) is 127 cm³/mol. The van der Waals surface area contributed by atoms with Gasteiger partial charge in [0.25, 0.3) is 6.01 Å². The van der Waals surface area contributed by atoms with Crippen LogP contribution in [-0.4, -0.2) is 30.5 Å². The van der Waals surface area contributed by atoms with Crippen LogP contribution in [-0.2, 0) is 21.1 Å². The quantitative estimate of drug-likeness (QED) is 0.339. The van der Waals surface area contributed by atoms with Gasteiger partial charge in [0.1, 0.15) is 6.04 Å². The molecule has 1 heterocycles. The molecule has 10 heteroatoms. The van der Waals surface area contributed by atoms with Crippen molar-refractivity contribution in [2.24, 2.45) is 0 Å². The minimum absolute atomic E-state index is 0.0324. The van der Waals surface area contributed by atoms with Crippen LogP contribution in [0.3, 0.4) is 0 Å². The van der Waals surface area contributed by atoms with Gasteiger partial charge < -0.3 is 20.6 Å². The van der Waals surface area contributed by atoms with Gasteiger partial charge >= 0.3 is 11.6 Å². The van der Waals surface area contributed by atoms with E-state index in [2.05, 4.69) is 10.3 Å². The second-order valence-corrected chi connectivity index (χ2v) is 9.55. The average Bonchev–Trinajstić information content (AvgIpc) is 2.79. The third kappa shape index (κ3) is 4.35. The number of aliphatic carboxylic acids is 1. The molecule has 0 amide bonds. The van der Waals surface area contributed by atoms with Gasteiger partial charge in [-0.3, -0.25) is 0 Å². The van der Waals surface area contributed by atoms with E-state index in [1.165, 1.54) is 25.1 Å². The second kappa shape index (κ2) is 8.99. The number of carboxylic acid groups (broad SMARTS) is 1. The van der Waals surface area contributed by atoms with E-state index < -0.39 is 27.5 Å². The Morgan fingerprint density at radius 1 is 1.12 bits per heavy atom. The molecule has 0 saturated heterocycles. The van der Waals surface area contributed by atoms with Crippen LogP contribution in [0.5, 0.6) is 0 Å². The van der Waals surface area contributed by atoms with E-state index in [0.29, 0.717) is 0 Å². The van der Waals surface area contributed by atoms with Gasteiger partial charge in [-0.1, -0.05) is 48.5 Å². The number of fused-ring (bicyclic) bond motifs is 1. The highest BCUT2D eigenvalue weighted by Crippen LogP contribution is 2.33. The summed E-state index contributed by atoms with van der Waals surface area (Å²) in [6, 6.07) is 16.5. The number of nitrogens with one attached hydrogen (secondary N) is 1. The zero-order valence-electron chi connectivity index (χ0n) is 18.1. The number of nitrogen functional groups attached to an aromatic ring is 1. The van der Waals surface area contributed by atoms with E-state index >= 15 is 0 Å². The van der Waals surface area contributed by atoms with Crippen molar-refractivity contribution in [3.05, 3.63) is 88.3 Å². The summed E-state index contributed by atoms with van der Waals surface area (Å²) in [5.41, 5.74) is 6.10. The molecule has 0 radical (unpaired) electrons. The minimum atomic E-state index is -4.01. The molecule has 174 valence electrons. The Bertz CT molecular complexity index is 1530. The fourth-order valence-electron chi connectivity index (χ4n) is 3.76. The van der Waals surface area contributed by atoms with Crippen LogP contribution in [0.15, 0.2) is 85.7 Å². The summed E-state index contributed by atoms with van der Waals surface area (Å²) >= 11 is 0. The van der Waals surface area contributed by atoms with Crippen molar-refractivity contribution in [3.8, 4) is 0 Å². The van der Waals surface area contributed by atoms with Gasteiger partial charge in [-0.2, -0.15) is 4.98 Å². The molecule has 9 nitrogen and oxygen atoms in total. The first-order chi connectivity index (χ1) is 16.2. The number of rotatable bonds is 7. The molecule has 34 heavy (non-hydrogen) atoms. The van der Waals surface area contributed by atoms with Crippen molar-refractivity contribution >= 4 is 38.4 Å². The molecule has 3 aromatic carbocycles. The maximum absolute atomic E-state index is 13.2. The molecular formula is C24H21N3O6S. The summed E-state index contributed by atoms with van der Waals surface area (Å²) in [7, 11) is -4.01. The number of hydrogen-bond donors (Lipinski definition) is 3. The minimum Gasteiger partial charge on any atom is -0.480 e. The number of hydrogen-bond acceptors (Lipinski definition) is 8. The Kier molecular flexibility index (Phi) is 6.08. The molecular weight excluding hydrogens is 458 g/mol. The van der Waals surface area contributed by atoms with Crippen LogP contribution in [0.25, 0.3) is 10.9 Å². The smallest absolute Gasteiger partial charge is 0.348 e. The number of aryl methyl sites for hydroxylation is 1. The van der Waals surface area contributed by atoms with Crippen molar-refractivity contribution in [3.63, 3.8) is 0 Å². The van der Waals surface area contributed by atoms with Gasteiger partial charge in [0.15, 0.2) is 0 Å². The lowest BCUT2D eigenvalue weighted by atomic mass is 10.1. The summed E-state index contributed by atoms with van der Waals surface area (Å²) in [6.45, 7) is 1.45. The molecule has 1 atom stereocenters. The zero-order chi connectivity index (χ0) is 24.5. The van der Waals surface area contributed by atoms with Crippen LogP contribution in [0, 0.1) is 6.92 Å². The summed E-state index contributed by atoms with van der Waals surface area (Å²) in [4.78, 5) is 28.6. The predicted octanol–water partition coefficient (Wildman–Crippen LogP) is 3.02. The Labute approximate surface area is 194 Å². The average molecular weight is 480 g/mol. The van der Waals surface area contributed by atoms with Crippen LogP contribution < -0.4 is 16.7 Å². The highest BCUT2D eigenvalue weighted by atomic mass is 32.2. The molecule has 4 aromatic rings. The largest absolute Gasteiger partial charge is 0.480 e. The monoisotopic (exact) mass is 479 g/mol. The third-order valence-corrected chi connectivity index (χ3v) is 7.31. The Morgan fingerprint density at radius 2 is 1.74 bits per heavy atom. The molecule has 0 saturated carbocycles. The van der Waals surface area contributed by atoms with Crippen molar-refractivity contribution in [2.45, 2.75) is 29.2 Å². The first-order valence-electron chi connectivity index (χ1n) is 10.3. The highest BCUT2D eigenvalue weighted by Gasteiger charge is 2.27. The van der Waals surface area contributed by atoms with Crippen molar-refractivity contribution in [1.82, 2.24) is 4.98 Å². The molecule has 0 aliphatic heterocycles. The van der Waals surface area contributed by atoms with Gasteiger partial charge in [0.2, 0.25) is 9.84 Å². The lowest BCUT2D eigenvalue weighted by Gasteiger charge is -2.16. The molecule has 0 spiro atoms. The van der Waals surface area contributed by atoms with Crippen LogP contribution in [0.1, 0.15) is 11.1 Å². The number of carboxylic acids is 1. The molecule has 1 aromatic heterocycles. The number of carbonyl (C=O) groups is 1. The highest BCUT2D eigenvalue weighted by molar-refractivity contribution is 7.91. The molecule has 0 aliphatic rings. The van der Waals surface area contributed by atoms with E-state index in [4.69, 9.17) is 10.2 Å². The first-order valence-corrected chi connectivity index (χ1v) is 11.7. The van der Waals surface area contributed by atoms with E-state index in [0.717, 1.165) is 5.56 Å². The number of nitrogens with two attached hydrogens (primary N) is 1. The molecule has 4 rings (SSSR count). The molecule has 0 fully saturated rings. The standard InChI is InChI=1S/C24H21N3O6S/c1-14-20-18(13-17(25)21(14)34(31,32)16-10-6-3-7-11-16)26-24(33-23(20)30)27-19(22(28)29)12-15-8-4-2-5-9-15/h2-11,13,19H,12,25H2,1H3,(H,26,27)(H,28,29)/t19-/m0/s1. The molecule has 0 aliphatic carbocycles. The van der Waals surface area contributed by atoms with E-state index in [1.807, 2.05) is 6.07 Å². The van der Waals surface area contributed by atoms with E-state index in [-0.39, 0.29) is 44.4 Å². The SMILES string of the molecule is Cc1c(S(=O)(=O)c2ccccc2)c(N)cc2nc(N[C@@H](Cc3ccccc3)C(=O)O)oc(=O)c12. The fourth-order valence-corrected chi connectivity index (χ4v) is 5.38. The molecule has 0 bridgehead atoms. The Balaban J connectivity index is 1.77. The van der Waals surface area contributed by atoms with E-state index in [9.17, 15) is 23.1 Å². The third-order valence-electron chi connectivity index (χ3n) is 5.34. The normalized spacial score (nSPS) is 12.4. The van der Waals surface area contributed by atoms with E-state index in [1.54, 1.807) is 42.5 Å². The number of nitrogens with zero attached hydrogens (tertiary/aromatic N) is 1. The van der Waals surface area contributed by atoms with Crippen molar-refractivity contribution in [2.75, 3.05) is 11.1 Å². The molecule has 0 unspecified atom stereocenters. The van der Waals surface area contributed by atoms with Gasteiger partial charge in [-0.15, -0.1) is 0 Å². The van der Waals surface area contributed by atoms with Crippen LogP contribution >= 0.6 is 0 Å². The maximum atomic E-state index is 13.2. The van der Waals surface area contributed by atoms with Gasteiger partial charge in [-0.05, 0) is 36.2 Å². The number of benzene rings is 3. The number of aromatic nitrogens is 1. The summed E-state index contributed by atoms with van der Waals surface area (Å²) in [5, 5.41) is 12.2. The van der Waals surface area contributed by atoms with Crippen molar-refractivity contribution in [1.29, 1.82) is 0 Å². The summed E-state index contributed by atoms with van der Waals surface area (Å²) < 4.78 is 31.6. The Morgan fingerprint density at radius 3 is 2.35 bits per heavy atom. The topological polar surface area (TPSA) is 153 Å². The summed E-state index contributed by atoms with van der Waals surface area (Å²) in [5.74, 6) is -1.16. The number of sulfone groups is 1. The van der Waals surface area contributed by atoms with Gasteiger partial charge in [-0.25, -0.2) is 18.0 Å². The number of anilines is 2. The molecule has 4 N–H and O–H groups in total. The fraction of sp³-hybridized carbons (Fsp3) is 0.125. The van der Waals surface area contributed by atoms with Crippen molar-refractivity contribution < 1.29 is 22.7 Å². The lowest BCUT2D eigenvalue weighted by Crippen LogP contribution is -2.32. The van der Waals surface area contributed by atoms with Gasteiger partial charge in [0.05, 0.1) is 26.4 Å². The zero-order valence-corrected chi connectivity index (χ0v) is 18.9.